The maximum atomic E-state index is 11.8. The first-order chi connectivity index (χ1) is 6.67. The predicted octanol–water partition coefficient (Wildman–Crippen LogP) is 2.09. The van der Waals surface area contributed by atoms with Gasteiger partial charge in [0.25, 0.3) is 0 Å². The third-order valence-corrected chi connectivity index (χ3v) is 2.92. The van der Waals surface area contributed by atoms with Crippen LogP contribution in [-0.2, 0) is 4.79 Å². The van der Waals surface area contributed by atoms with Crippen LogP contribution in [0.2, 0.25) is 0 Å². The number of hydrogen-bond acceptors (Lipinski definition) is 2. The van der Waals surface area contributed by atoms with Crippen LogP contribution in [0, 0.1) is 11.3 Å². The van der Waals surface area contributed by atoms with Crippen molar-refractivity contribution in [1.82, 2.24) is 0 Å². The van der Waals surface area contributed by atoms with E-state index in [9.17, 15) is 9.59 Å². The molecule has 2 nitrogen and oxygen atoms in total. The number of benzene rings is 1. The van der Waals surface area contributed by atoms with Crippen LogP contribution in [-0.4, -0.2) is 12.1 Å². The molecule has 14 heavy (non-hydrogen) atoms. The normalized spacial score (nSPS) is 29.6. The van der Waals surface area contributed by atoms with Crippen LogP contribution in [0.5, 0.6) is 0 Å². The highest BCUT2D eigenvalue weighted by atomic mass is 16.1. The smallest absolute Gasteiger partial charge is 0.166 e. The Kier molecular flexibility index (Phi) is 1.99. The summed E-state index contributed by atoms with van der Waals surface area (Å²) >= 11 is 0. The third-order valence-electron chi connectivity index (χ3n) is 2.92. The molecule has 72 valence electrons. The van der Waals surface area contributed by atoms with Crippen molar-refractivity contribution < 1.29 is 9.59 Å². The lowest BCUT2D eigenvalue weighted by atomic mass is 10.0. The fourth-order valence-corrected chi connectivity index (χ4v) is 1.71. The Balaban J connectivity index is 2.16. The molecule has 0 radical (unpaired) electrons. The van der Waals surface area contributed by atoms with E-state index in [0.717, 1.165) is 6.29 Å². The zero-order chi connectivity index (χ0) is 10.2. The van der Waals surface area contributed by atoms with Gasteiger partial charge in [-0.15, -0.1) is 0 Å². The molecule has 2 atom stereocenters. The summed E-state index contributed by atoms with van der Waals surface area (Å²) in [5.74, 6) is 0.00241. The van der Waals surface area contributed by atoms with Gasteiger partial charge in [-0.25, -0.2) is 0 Å². The first kappa shape index (κ1) is 9.13. The van der Waals surface area contributed by atoms with E-state index in [4.69, 9.17) is 0 Å². The Morgan fingerprint density at radius 2 is 2.07 bits per heavy atom. The second-order valence-electron chi connectivity index (χ2n) is 4.11. The highest BCUT2D eigenvalue weighted by Crippen LogP contribution is 2.51. The second kappa shape index (κ2) is 3.05. The van der Waals surface area contributed by atoms with Crippen molar-refractivity contribution in [2.45, 2.75) is 13.3 Å². The molecule has 1 saturated carbocycles. The van der Waals surface area contributed by atoms with Crippen molar-refractivity contribution in [2.75, 3.05) is 0 Å². The fourth-order valence-electron chi connectivity index (χ4n) is 1.71. The minimum atomic E-state index is -0.396. The van der Waals surface area contributed by atoms with Crippen LogP contribution < -0.4 is 0 Å². The monoisotopic (exact) mass is 188 g/mol. The maximum absolute atomic E-state index is 11.8. The molecule has 2 rings (SSSR count). The van der Waals surface area contributed by atoms with Crippen LogP contribution in [0.4, 0.5) is 0 Å². The van der Waals surface area contributed by atoms with Crippen molar-refractivity contribution >= 4 is 12.1 Å². The molecule has 1 aliphatic carbocycles. The molecule has 0 aliphatic heterocycles. The summed E-state index contributed by atoms with van der Waals surface area (Å²) in [7, 11) is 0. The van der Waals surface area contributed by atoms with E-state index in [2.05, 4.69) is 0 Å². The molecule has 1 aromatic carbocycles. The molecule has 1 aliphatic rings. The number of aldehydes is 1. The molecule has 0 unspecified atom stereocenters. The van der Waals surface area contributed by atoms with Crippen molar-refractivity contribution in [2.24, 2.45) is 11.3 Å². The molecule has 0 aromatic heterocycles. The van der Waals surface area contributed by atoms with Crippen LogP contribution in [0.15, 0.2) is 30.3 Å². The highest BCUT2D eigenvalue weighted by Gasteiger charge is 2.54. The Hall–Kier alpha value is -1.44. The Bertz CT molecular complexity index is 369. The molecule has 0 amide bonds. The van der Waals surface area contributed by atoms with Crippen molar-refractivity contribution in [1.29, 1.82) is 0 Å². The molecule has 0 N–H and O–H groups in total. The van der Waals surface area contributed by atoms with Gasteiger partial charge >= 0.3 is 0 Å². The molecule has 0 saturated heterocycles. The molecular weight excluding hydrogens is 176 g/mol. The van der Waals surface area contributed by atoms with Gasteiger partial charge in [-0.1, -0.05) is 37.3 Å². The Labute approximate surface area is 82.9 Å². The lowest BCUT2D eigenvalue weighted by Gasteiger charge is -2.01. The van der Waals surface area contributed by atoms with Gasteiger partial charge in [0.1, 0.15) is 6.29 Å². The summed E-state index contributed by atoms with van der Waals surface area (Å²) in [4.78, 5) is 22.5. The third kappa shape index (κ3) is 1.37. The maximum Gasteiger partial charge on any atom is 0.166 e. The summed E-state index contributed by atoms with van der Waals surface area (Å²) in [6.45, 7) is 1.84. The lowest BCUT2D eigenvalue weighted by Crippen LogP contribution is -2.09. The highest BCUT2D eigenvalue weighted by molar-refractivity contribution is 6.02. The summed E-state index contributed by atoms with van der Waals surface area (Å²) in [6, 6.07) is 9.15. The summed E-state index contributed by atoms with van der Waals surface area (Å²) in [5, 5.41) is 0. The number of hydrogen-bond donors (Lipinski definition) is 0. The first-order valence-electron chi connectivity index (χ1n) is 4.73. The lowest BCUT2D eigenvalue weighted by molar-refractivity contribution is -0.112. The quantitative estimate of drug-likeness (QED) is 0.537. The van der Waals surface area contributed by atoms with Gasteiger partial charge in [0.2, 0.25) is 0 Å². The number of carbonyl (C=O) groups is 2. The van der Waals surface area contributed by atoms with Gasteiger partial charge in [-0.05, 0) is 6.42 Å². The van der Waals surface area contributed by atoms with E-state index < -0.39 is 5.41 Å². The van der Waals surface area contributed by atoms with Crippen LogP contribution in [0.1, 0.15) is 23.7 Å². The number of carbonyl (C=O) groups excluding carboxylic acids is 2. The molecule has 1 aromatic rings. The topological polar surface area (TPSA) is 34.1 Å². The molecule has 2 heteroatoms. The minimum Gasteiger partial charge on any atom is -0.303 e. The van der Waals surface area contributed by atoms with Gasteiger partial charge in [0.15, 0.2) is 5.78 Å². The van der Waals surface area contributed by atoms with Crippen LogP contribution in [0.25, 0.3) is 0 Å². The van der Waals surface area contributed by atoms with Crippen LogP contribution in [0.3, 0.4) is 0 Å². The minimum absolute atomic E-state index is 0.0950. The van der Waals surface area contributed by atoms with Gasteiger partial charge in [-0.3, -0.25) is 4.79 Å². The number of Topliss-reactive ketones (excluding diaryl/α,β-unsaturated/α-hetero) is 1. The first-order valence-corrected chi connectivity index (χ1v) is 4.73. The Morgan fingerprint density at radius 3 is 2.57 bits per heavy atom. The SMILES string of the molecule is C[C@@]1(C=O)C[C@@H]1C(=O)c1ccccc1. The van der Waals surface area contributed by atoms with E-state index in [-0.39, 0.29) is 11.7 Å². The summed E-state index contributed by atoms with van der Waals surface area (Å²) < 4.78 is 0. The van der Waals surface area contributed by atoms with Crippen molar-refractivity contribution in [3.05, 3.63) is 35.9 Å². The zero-order valence-electron chi connectivity index (χ0n) is 8.07. The summed E-state index contributed by atoms with van der Waals surface area (Å²) in [5.41, 5.74) is 0.315. The molecule has 0 spiro atoms. The molecule has 0 heterocycles. The Morgan fingerprint density at radius 1 is 1.43 bits per heavy atom. The van der Waals surface area contributed by atoms with Crippen molar-refractivity contribution in [3.63, 3.8) is 0 Å². The van der Waals surface area contributed by atoms with E-state index in [1.807, 2.05) is 25.1 Å². The largest absolute Gasteiger partial charge is 0.303 e. The van der Waals surface area contributed by atoms with E-state index in [1.54, 1.807) is 12.1 Å². The predicted molar refractivity (Wildman–Crippen MR) is 53.1 cm³/mol. The van der Waals surface area contributed by atoms with Crippen LogP contribution >= 0.6 is 0 Å². The summed E-state index contributed by atoms with van der Waals surface area (Å²) in [6.07, 6.45) is 1.60. The number of rotatable bonds is 3. The van der Waals surface area contributed by atoms with Gasteiger partial charge < -0.3 is 4.79 Å². The van der Waals surface area contributed by atoms with Gasteiger partial charge in [0, 0.05) is 16.9 Å². The van der Waals surface area contributed by atoms with Crippen molar-refractivity contribution in [3.8, 4) is 0 Å². The van der Waals surface area contributed by atoms with E-state index >= 15 is 0 Å². The average molecular weight is 188 g/mol. The van der Waals surface area contributed by atoms with E-state index in [0.29, 0.717) is 12.0 Å². The number of ketones is 1. The van der Waals surface area contributed by atoms with Gasteiger partial charge in [-0.2, -0.15) is 0 Å². The second-order valence-corrected chi connectivity index (χ2v) is 4.11. The fraction of sp³-hybridized carbons (Fsp3) is 0.333. The van der Waals surface area contributed by atoms with Gasteiger partial charge in [0.05, 0.1) is 0 Å². The average Bonchev–Trinajstić information content (AvgIpc) is 2.92. The molecular formula is C12H12O2. The zero-order valence-corrected chi connectivity index (χ0v) is 8.07. The molecule has 1 fully saturated rings. The molecule has 0 bridgehead atoms. The standard InChI is InChI=1S/C12H12O2/c1-12(8-13)7-10(12)11(14)9-5-3-2-4-6-9/h2-6,8,10H,7H2,1H3/t10-,12+/m1/s1. The van der Waals surface area contributed by atoms with E-state index in [1.165, 1.54) is 0 Å².